The van der Waals surface area contributed by atoms with Crippen molar-refractivity contribution in [2.24, 2.45) is 0 Å². The van der Waals surface area contributed by atoms with Crippen molar-refractivity contribution in [1.82, 2.24) is 0 Å². The van der Waals surface area contributed by atoms with Crippen molar-refractivity contribution in [2.75, 3.05) is 10.6 Å². The van der Waals surface area contributed by atoms with Crippen LogP contribution >= 0.6 is 0 Å². The molecule has 0 spiro atoms. The summed E-state index contributed by atoms with van der Waals surface area (Å²) in [5.41, 5.74) is 2.42. The number of esters is 1. The molecule has 0 heterocycles. The van der Waals surface area contributed by atoms with E-state index in [4.69, 9.17) is 4.74 Å². The van der Waals surface area contributed by atoms with Crippen LogP contribution in [0.1, 0.15) is 28.8 Å². The average molecular weight is 402 g/mol. The van der Waals surface area contributed by atoms with Gasteiger partial charge in [0.2, 0.25) is 5.91 Å². The van der Waals surface area contributed by atoms with Crippen molar-refractivity contribution >= 4 is 29.2 Å². The van der Waals surface area contributed by atoms with E-state index in [-0.39, 0.29) is 24.7 Å². The predicted octanol–water partition coefficient (Wildman–Crippen LogP) is 4.57. The number of nitrogens with one attached hydrogen (secondary N) is 2. The molecular weight excluding hydrogens is 380 g/mol. The van der Waals surface area contributed by atoms with Gasteiger partial charge in [-0.15, -0.1) is 0 Å². The first-order chi connectivity index (χ1) is 14.5. The fourth-order valence-corrected chi connectivity index (χ4v) is 2.73. The summed E-state index contributed by atoms with van der Waals surface area (Å²) in [5, 5.41) is 5.49. The van der Waals surface area contributed by atoms with E-state index in [0.29, 0.717) is 22.7 Å². The van der Waals surface area contributed by atoms with Crippen LogP contribution in [0, 0.1) is 6.92 Å². The first-order valence-electron chi connectivity index (χ1n) is 9.54. The highest BCUT2D eigenvalue weighted by molar-refractivity contribution is 6.10. The Hall–Kier alpha value is -3.93. The maximum atomic E-state index is 12.6. The molecule has 0 saturated carbocycles. The predicted molar refractivity (Wildman–Crippen MR) is 116 cm³/mol. The number of para-hydroxylation sites is 2. The number of amides is 2. The molecule has 0 aliphatic heterocycles. The van der Waals surface area contributed by atoms with E-state index in [2.05, 4.69) is 10.6 Å². The maximum absolute atomic E-state index is 12.6. The lowest BCUT2D eigenvalue weighted by Gasteiger charge is -2.11. The summed E-state index contributed by atoms with van der Waals surface area (Å²) in [4.78, 5) is 36.8. The summed E-state index contributed by atoms with van der Waals surface area (Å²) in [5.74, 6) is -0.773. The van der Waals surface area contributed by atoms with Gasteiger partial charge < -0.3 is 15.4 Å². The molecule has 0 saturated heterocycles. The van der Waals surface area contributed by atoms with E-state index in [9.17, 15) is 14.4 Å². The summed E-state index contributed by atoms with van der Waals surface area (Å²) >= 11 is 0. The van der Waals surface area contributed by atoms with Gasteiger partial charge in [-0.25, -0.2) is 0 Å². The lowest BCUT2D eigenvalue weighted by molar-refractivity contribution is -0.135. The molecule has 3 aromatic carbocycles. The minimum Gasteiger partial charge on any atom is -0.427 e. The first-order valence-corrected chi connectivity index (χ1v) is 9.54. The number of hydrogen-bond donors (Lipinski definition) is 2. The molecule has 3 rings (SSSR count). The molecule has 0 aliphatic rings. The summed E-state index contributed by atoms with van der Waals surface area (Å²) in [7, 11) is 0. The minimum atomic E-state index is -0.496. The summed E-state index contributed by atoms with van der Waals surface area (Å²) < 4.78 is 5.22. The van der Waals surface area contributed by atoms with Gasteiger partial charge in [0, 0.05) is 12.1 Å². The lowest BCUT2D eigenvalue weighted by Crippen LogP contribution is -2.19. The zero-order chi connectivity index (χ0) is 21.3. The second-order valence-electron chi connectivity index (χ2n) is 6.70. The normalized spacial score (nSPS) is 10.2. The van der Waals surface area contributed by atoms with Crippen molar-refractivity contribution < 1.29 is 19.1 Å². The van der Waals surface area contributed by atoms with E-state index >= 15 is 0 Å². The Morgan fingerprint density at radius 2 is 1.43 bits per heavy atom. The third-order valence-corrected chi connectivity index (χ3v) is 4.29. The van der Waals surface area contributed by atoms with E-state index in [0.717, 1.165) is 5.56 Å². The molecule has 0 bridgehead atoms. The van der Waals surface area contributed by atoms with Crippen molar-refractivity contribution in [3.05, 3.63) is 90.0 Å². The molecule has 0 unspecified atom stereocenters. The van der Waals surface area contributed by atoms with Gasteiger partial charge in [0.15, 0.2) is 0 Å². The average Bonchev–Trinajstić information content (AvgIpc) is 2.75. The molecule has 0 aromatic heterocycles. The number of ether oxygens (including phenoxy) is 1. The van der Waals surface area contributed by atoms with Crippen LogP contribution in [0.5, 0.6) is 5.75 Å². The minimum absolute atomic E-state index is 0.0562. The van der Waals surface area contributed by atoms with Gasteiger partial charge in [0.1, 0.15) is 5.75 Å². The summed E-state index contributed by atoms with van der Waals surface area (Å²) in [6, 6.07) is 22.8. The Labute approximate surface area is 174 Å². The monoisotopic (exact) mass is 402 g/mol. The quantitative estimate of drug-likeness (QED) is 0.448. The SMILES string of the molecule is Cc1ccc(OC(=O)CCC(=O)Nc2ccccc2C(=O)Nc2ccccc2)cc1. The number of carbonyl (C=O) groups is 3. The molecule has 6 heteroatoms. The number of aryl methyl sites for hydroxylation is 1. The fraction of sp³-hybridized carbons (Fsp3) is 0.125. The molecule has 0 aliphatic carbocycles. The number of hydrogen-bond acceptors (Lipinski definition) is 4. The number of rotatable bonds is 7. The molecule has 0 atom stereocenters. The number of anilines is 2. The zero-order valence-electron chi connectivity index (χ0n) is 16.6. The molecule has 152 valence electrons. The van der Waals surface area contributed by atoms with Crippen molar-refractivity contribution in [3.63, 3.8) is 0 Å². The highest BCUT2D eigenvalue weighted by Gasteiger charge is 2.15. The van der Waals surface area contributed by atoms with E-state index < -0.39 is 5.97 Å². The third-order valence-electron chi connectivity index (χ3n) is 4.29. The molecular formula is C24H22N2O4. The Bertz CT molecular complexity index is 1030. The van der Waals surface area contributed by atoms with Crippen LogP contribution < -0.4 is 15.4 Å². The summed E-state index contributed by atoms with van der Waals surface area (Å²) in [6.45, 7) is 1.94. The summed E-state index contributed by atoms with van der Waals surface area (Å²) in [6.07, 6.45) is -0.128. The van der Waals surface area contributed by atoms with Crippen LogP contribution in [0.15, 0.2) is 78.9 Å². The Kier molecular flexibility index (Phi) is 6.95. The highest BCUT2D eigenvalue weighted by Crippen LogP contribution is 2.18. The molecule has 2 amide bonds. The van der Waals surface area contributed by atoms with Crippen molar-refractivity contribution in [2.45, 2.75) is 19.8 Å². The molecule has 0 fully saturated rings. The molecule has 30 heavy (non-hydrogen) atoms. The van der Waals surface area contributed by atoms with Gasteiger partial charge in [0.25, 0.3) is 5.91 Å². The Morgan fingerprint density at radius 1 is 0.767 bits per heavy atom. The van der Waals surface area contributed by atoms with Crippen LogP contribution in [0.4, 0.5) is 11.4 Å². The highest BCUT2D eigenvalue weighted by atomic mass is 16.5. The van der Waals surface area contributed by atoms with Crippen LogP contribution in [-0.2, 0) is 9.59 Å². The van der Waals surface area contributed by atoms with Crippen LogP contribution in [0.25, 0.3) is 0 Å². The van der Waals surface area contributed by atoms with Crippen LogP contribution in [0.3, 0.4) is 0 Å². The second-order valence-corrected chi connectivity index (χ2v) is 6.70. The van der Waals surface area contributed by atoms with Gasteiger partial charge >= 0.3 is 5.97 Å². The lowest BCUT2D eigenvalue weighted by atomic mass is 10.1. The van der Waals surface area contributed by atoms with Crippen LogP contribution in [0.2, 0.25) is 0 Å². The molecule has 6 nitrogen and oxygen atoms in total. The van der Waals surface area contributed by atoms with Crippen molar-refractivity contribution in [3.8, 4) is 5.75 Å². The Balaban J connectivity index is 1.55. The second kappa shape index (κ2) is 10.0. The van der Waals surface area contributed by atoms with E-state index in [1.807, 2.05) is 37.3 Å². The molecule has 2 N–H and O–H groups in total. The van der Waals surface area contributed by atoms with Gasteiger partial charge in [-0.3, -0.25) is 14.4 Å². The maximum Gasteiger partial charge on any atom is 0.311 e. The van der Waals surface area contributed by atoms with Gasteiger partial charge in [-0.1, -0.05) is 48.0 Å². The fourth-order valence-electron chi connectivity index (χ4n) is 2.73. The number of benzene rings is 3. The standard InChI is InChI=1S/C24H22N2O4/c1-17-11-13-19(14-12-17)30-23(28)16-15-22(27)26-21-10-6-5-9-20(21)24(29)25-18-7-3-2-4-8-18/h2-14H,15-16H2,1H3,(H,25,29)(H,26,27). The molecule has 3 aromatic rings. The third kappa shape index (κ3) is 6.04. The Morgan fingerprint density at radius 3 is 2.17 bits per heavy atom. The van der Waals surface area contributed by atoms with E-state index in [1.54, 1.807) is 48.5 Å². The van der Waals surface area contributed by atoms with Crippen molar-refractivity contribution in [1.29, 1.82) is 0 Å². The van der Waals surface area contributed by atoms with Gasteiger partial charge in [-0.2, -0.15) is 0 Å². The zero-order valence-corrected chi connectivity index (χ0v) is 16.6. The van der Waals surface area contributed by atoms with Gasteiger partial charge in [0.05, 0.1) is 17.7 Å². The topological polar surface area (TPSA) is 84.5 Å². The van der Waals surface area contributed by atoms with E-state index in [1.165, 1.54) is 0 Å². The largest absolute Gasteiger partial charge is 0.427 e. The van der Waals surface area contributed by atoms with Gasteiger partial charge in [-0.05, 0) is 43.3 Å². The molecule has 0 radical (unpaired) electrons. The smallest absolute Gasteiger partial charge is 0.311 e. The first kappa shape index (κ1) is 20.8. The van der Waals surface area contributed by atoms with Crippen LogP contribution in [-0.4, -0.2) is 17.8 Å². The number of carbonyl (C=O) groups excluding carboxylic acids is 3.